The number of carbonyl (C=O) groups excluding carboxylic acids is 1. The van der Waals surface area contributed by atoms with E-state index in [2.05, 4.69) is 26.0 Å². The van der Waals surface area contributed by atoms with E-state index in [9.17, 15) is 4.79 Å². The largest absolute Gasteiger partial charge is 0.459 e. The van der Waals surface area contributed by atoms with Crippen molar-refractivity contribution in [3.63, 3.8) is 0 Å². The average Bonchev–Trinajstić information content (AvgIpc) is 2.55. The van der Waals surface area contributed by atoms with Crippen LogP contribution in [0.15, 0.2) is 12.2 Å². The van der Waals surface area contributed by atoms with E-state index in [1.165, 1.54) is 32.1 Å². The van der Waals surface area contributed by atoms with Gasteiger partial charge in [0.1, 0.15) is 5.60 Å². The van der Waals surface area contributed by atoms with Gasteiger partial charge in [-0.15, -0.1) is 0 Å². The van der Waals surface area contributed by atoms with Gasteiger partial charge in [-0.3, -0.25) is 4.79 Å². The lowest BCUT2D eigenvalue weighted by Gasteiger charge is -2.55. The predicted octanol–water partition coefficient (Wildman–Crippen LogP) is 6.44. The van der Waals surface area contributed by atoms with Crippen molar-refractivity contribution in [1.82, 2.24) is 0 Å². The molecule has 1 atom stereocenters. The van der Waals surface area contributed by atoms with Gasteiger partial charge in [0.25, 0.3) is 0 Å². The Labute approximate surface area is 154 Å². The van der Waals surface area contributed by atoms with Crippen LogP contribution in [0.3, 0.4) is 0 Å². The van der Waals surface area contributed by atoms with Gasteiger partial charge in [-0.25, -0.2) is 0 Å². The first-order valence-electron chi connectivity index (χ1n) is 11.0. The molecule has 0 amide bonds. The second-order valence-electron chi connectivity index (χ2n) is 9.20. The molecule has 0 spiro atoms. The Morgan fingerprint density at radius 1 is 0.960 bits per heavy atom. The normalized spacial score (nSPS) is 34.6. The summed E-state index contributed by atoms with van der Waals surface area (Å²) in [4.78, 5) is 12.9. The summed E-state index contributed by atoms with van der Waals surface area (Å²) in [6.45, 7) is 4.40. The number of esters is 1. The fourth-order valence-corrected chi connectivity index (χ4v) is 6.07. The molecule has 0 heterocycles. The van der Waals surface area contributed by atoms with Crippen LogP contribution in [0.1, 0.15) is 97.3 Å². The van der Waals surface area contributed by atoms with Gasteiger partial charge in [-0.1, -0.05) is 38.8 Å². The topological polar surface area (TPSA) is 26.3 Å². The molecule has 4 aliphatic carbocycles. The molecule has 0 aliphatic heterocycles. The molecule has 4 rings (SSSR count). The zero-order valence-electron chi connectivity index (χ0n) is 16.5. The molecular weight excluding hydrogens is 308 g/mol. The minimum absolute atomic E-state index is 0.0706. The van der Waals surface area contributed by atoms with Gasteiger partial charge < -0.3 is 4.74 Å². The highest BCUT2D eigenvalue weighted by atomic mass is 16.6. The molecule has 0 saturated heterocycles. The van der Waals surface area contributed by atoms with Crippen LogP contribution >= 0.6 is 0 Å². The average molecular weight is 347 g/mol. The summed E-state index contributed by atoms with van der Waals surface area (Å²) in [5, 5.41) is 0. The van der Waals surface area contributed by atoms with E-state index < -0.39 is 0 Å². The molecule has 1 unspecified atom stereocenters. The van der Waals surface area contributed by atoms with Gasteiger partial charge in [0.05, 0.1) is 5.92 Å². The van der Waals surface area contributed by atoms with Crippen LogP contribution in [0.2, 0.25) is 0 Å². The van der Waals surface area contributed by atoms with Gasteiger partial charge in [0, 0.05) is 0 Å². The zero-order valence-corrected chi connectivity index (χ0v) is 16.5. The summed E-state index contributed by atoms with van der Waals surface area (Å²) in [6, 6.07) is 0. The molecule has 0 aromatic heterocycles. The Kier molecular flexibility index (Phi) is 6.63. The van der Waals surface area contributed by atoms with Crippen LogP contribution in [-0.2, 0) is 9.53 Å². The summed E-state index contributed by atoms with van der Waals surface area (Å²) in [7, 11) is 0. The SMILES string of the molecule is CCCC=CCCCC(CCC)C(=O)OC12CC3CC(CC(C3)C1)C2. The van der Waals surface area contributed by atoms with Crippen molar-refractivity contribution in [2.45, 2.75) is 103 Å². The first kappa shape index (κ1) is 19.0. The van der Waals surface area contributed by atoms with Crippen molar-refractivity contribution in [1.29, 1.82) is 0 Å². The quantitative estimate of drug-likeness (QED) is 0.258. The molecule has 4 saturated carbocycles. The van der Waals surface area contributed by atoms with Crippen molar-refractivity contribution < 1.29 is 9.53 Å². The van der Waals surface area contributed by atoms with E-state index in [1.807, 2.05) is 0 Å². The number of hydrogen-bond donors (Lipinski definition) is 0. The Hall–Kier alpha value is -0.790. The maximum atomic E-state index is 12.9. The van der Waals surface area contributed by atoms with E-state index >= 15 is 0 Å². The standard InChI is InChI=1S/C23H38O2/c1-3-5-6-7-8-9-11-21(10-4-2)22(24)25-23-15-18-12-19(16-23)14-20(13-18)17-23/h6-7,18-21H,3-5,8-17H2,1-2H3. The Morgan fingerprint density at radius 2 is 1.56 bits per heavy atom. The lowest BCUT2D eigenvalue weighted by atomic mass is 9.54. The number of hydrogen-bond acceptors (Lipinski definition) is 2. The van der Waals surface area contributed by atoms with Gasteiger partial charge >= 0.3 is 5.97 Å². The van der Waals surface area contributed by atoms with Crippen molar-refractivity contribution in [2.75, 3.05) is 0 Å². The van der Waals surface area contributed by atoms with Gasteiger partial charge in [-0.2, -0.15) is 0 Å². The van der Waals surface area contributed by atoms with Crippen molar-refractivity contribution >= 4 is 5.97 Å². The molecule has 0 aromatic rings. The molecule has 2 nitrogen and oxygen atoms in total. The highest BCUT2D eigenvalue weighted by Gasteiger charge is 2.53. The first-order chi connectivity index (χ1) is 12.1. The molecule has 4 bridgehead atoms. The van der Waals surface area contributed by atoms with Crippen LogP contribution < -0.4 is 0 Å². The fraction of sp³-hybridized carbons (Fsp3) is 0.870. The number of allylic oxidation sites excluding steroid dienone is 2. The van der Waals surface area contributed by atoms with Gasteiger partial charge in [0.2, 0.25) is 0 Å². The van der Waals surface area contributed by atoms with E-state index in [1.54, 1.807) is 0 Å². The van der Waals surface area contributed by atoms with Crippen molar-refractivity contribution in [3.05, 3.63) is 12.2 Å². The molecule has 0 N–H and O–H groups in total. The second kappa shape index (κ2) is 8.73. The molecule has 4 aliphatic rings. The number of rotatable bonds is 10. The Morgan fingerprint density at radius 3 is 2.12 bits per heavy atom. The number of unbranched alkanes of at least 4 members (excludes halogenated alkanes) is 2. The minimum atomic E-state index is -0.0706. The summed E-state index contributed by atoms with van der Waals surface area (Å²) in [5.74, 6) is 2.77. The van der Waals surface area contributed by atoms with Crippen LogP contribution in [-0.4, -0.2) is 11.6 Å². The smallest absolute Gasteiger partial charge is 0.309 e. The highest BCUT2D eigenvalue weighted by Crippen LogP contribution is 2.57. The van der Waals surface area contributed by atoms with E-state index in [0.29, 0.717) is 0 Å². The predicted molar refractivity (Wildman–Crippen MR) is 103 cm³/mol. The first-order valence-corrected chi connectivity index (χ1v) is 11.0. The molecule has 2 heteroatoms. The maximum absolute atomic E-state index is 12.9. The molecule has 25 heavy (non-hydrogen) atoms. The van der Waals surface area contributed by atoms with Crippen LogP contribution in [0, 0.1) is 23.7 Å². The van der Waals surface area contributed by atoms with E-state index in [4.69, 9.17) is 4.74 Å². The molecule has 142 valence electrons. The zero-order chi connectivity index (χ0) is 17.7. The second-order valence-corrected chi connectivity index (χ2v) is 9.20. The maximum Gasteiger partial charge on any atom is 0.309 e. The summed E-state index contributed by atoms with van der Waals surface area (Å²) >= 11 is 0. The van der Waals surface area contributed by atoms with Crippen LogP contribution in [0.4, 0.5) is 0 Å². The summed E-state index contributed by atoms with van der Waals surface area (Å²) in [6.07, 6.45) is 19.9. The third kappa shape index (κ3) is 4.89. The molecule has 4 fully saturated rings. The number of ether oxygens (including phenoxy) is 1. The lowest BCUT2D eigenvalue weighted by Crippen LogP contribution is -2.53. The molecule has 0 radical (unpaired) electrons. The molecule has 0 aromatic carbocycles. The van der Waals surface area contributed by atoms with E-state index in [0.717, 1.165) is 69.1 Å². The third-order valence-corrected chi connectivity index (χ3v) is 6.82. The minimum Gasteiger partial charge on any atom is -0.459 e. The Balaban J connectivity index is 1.50. The molecular formula is C23H38O2. The lowest BCUT2D eigenvalue weighted by molar-refractivity contribution is -0.191. The van der Waals surface area contributed by atoms with Gasteiger partial charge in [-0.05, 0) is 88.4 Å². The van der Waals surface area contributed by atoms with Crippen molar-refractivity contribution in [3.8, 4) is 0 Å². The highest BCUT2D eigenvalue weighted by molar-refractivity contribution is 5.73. The number of carbonyl (C=O) groups is 1. The van der Waals surface area contributed by atoms with Crippen LogP contribution in [0.25, 0.3) is 0 Å². The Bertz CT molecular complexity index is 429. The van der Waals surface area contributed by atoms with Gasteiger partial charge in [0.15, 0.2) is 0 Å². The summed E-state index contributed by atoms with van der Waals surface area (Å²) < 4.78 is 6.30. The fourth-order valence-electron chi connectivity index (χ4n) is 6.07. The monoisotopic (exact) mass is 346 g/mol. The third-order valence-electron chi connectivity index (χ3n) is 6.82. The summed E-state index contributed by atoms with van der Waals surface area (Å²) in [5.41, 5.74) is -0.0706. The van der Waals surface area contributed by atoms with Crippen LogP contribution in [0.5, 0.6) is 0 Å². The van der Waals surface area contributed by atoms with E-state index in [-0.39, 0.29) is 17.5 Å². The van der Waals surface area contributed by atoms with Crippen molar-refractivity contribution in [2.24, 2.45) is 23.7 Å².